The van der Waals surface area contributed by atoms with Crippen molar-refractivity contribution in [3.8, 4) is 11.5 Å². The molecule has 0 saturated heterocycles. The van der Waals surface area contributed by atoms with Crippen LogP contribution in [0.5, 0.6) is 11.5 Å². The number of aromatic nitrogens is 1. The van der Waals surface area contributed by atoms with Crippen LogP contribution < -0.4 is 9.47 Å². The van der Waals surface area contributed by atoms with E-state index < -0.39 is 5.82 Å². The van der Waals surface area contributed by atoms with Crippen LogP contribution in [0, 0.1) is 12.7 Å². The van der Waals surface area contributed by atoms with Crippen molar-refractivity contribution in [3.05, 3.63) is 53.1 Å². The Labute approximate surface area is 116 Å². The van der Waals surface area contributed by atoms with Crippen molar-refractivity contribution in [2.45, 2.75) is 20.1 Å². The predicted molar refractivity (Wildman–Crippen MR) is 72.2 cm³/mol. The van der Waals surface area contributed by atoms with E-state index in [1.165, 1.54) is 13.2 Å². The molecule has 0 bridgehead atoms. The molecule has 20 heavy (non-hydrogen) atoms. The number of aliphatic hydroxyl groups excluding tert-OH is 1. The summed E-state index contributed by atoms with van der Waals surface area (Å²) in [6.07, 6.45) is 0. The van der Waals surface area contributed by atoms with Crippen LogP contribution in [0.25, 0.3) is 0 Å². The van der Waals surface area contributed by atoms with Gasteiger partial charge in [0.15, 0.2) is 11.6 Å². The summed E-state index contributed by atoms with van der Waals surface area (Å²) in [7, 11) is 1.42. The third-order valence-corrected chi connectivity index (χ3v) is 2.83. The molecule has 1 N–H and O–H groups in total. The lowest BCUT2D eigenvalue weighted by Crippen LogP contribution is -2.02. The van der Waals surface area contributed by atoms with Crippen molar-refractivity contribution in [3.63, 3.8) is 0 Å². The van der Waals surface area contributed by atoms with E-state index in [-0.39, 0.29) is 19.0 Å². The third kappa shape index (κ3) is 3.24. The Morgan fingerprint density at radius 2 is 1.95 bits per heavy atom. The molecular weight excluding hydrogens is 261 g/mol. The molecule has 0 aliphatic carbocycles. The van der Waals surface area contributed by atoms with E-state index in [1.54, 1.807) is 24.3 Å². The lowest BCUT2D eigenvalue weighted by atomic mass is 10.2. The number of hydrogen-bond acceptors (Lipinski definition) is 4. The zero-order valence-electron chi connectivity index (χ0n) is 11.4. The van der Waals surface area contributed by atoms with Gasteiger partial charge in [-0.3, -0.25) is 4.98 Å². The molecule has 0 fully saturated rings. The smallest absolute Gasteiger partial charge is 0.165 e. The summed E-state index contributed by atoms with van der Waals surface area (Å²) in [4.78, 5) is 4.18. The molecule has 0 saturated carbocycles. The van der Waals surface area contributed by atoms with Gasteiger partial charge in [0.25, 0.3) is 0 Å². The van der Waals surface area contributed by atoms with E-state index in [0.29, 0.717) is 17.0 Å². The second-order valence-corrected chi connectivity index (χ2v) is 4.31. The molecule has 0 radical (unpaired) electrons. The average Bonchev–Trinajstić information content (AvgIpc) is 2.46. The van der Waals surface area contributed by atoms with E-state index in [2.05, 4.69) is 4.98 Å². The van der Waals surface area contributed by atoms with Crippen molar-refractivity contribution >= 4 is 0 Å². The number of benzene rings is 1. The number of aryl methyl sites for hydroxylation is 1. The Balaban J connectivity index is 2.10. The summed E-state index contributed by atoms with van der Waals surface area (Å²) in [5.41, 5.74) is 1.95. The lowest BCUT2D eigenvalue weighted by molar-refractivity contribution is 0.253. The highest BCUT2D eigenvalue weighted by molar-refractivity contribution is 5.31. The van der Waals surface area contributed by atoms with Crippen molar-refractivity contribution in [1.82, 2.24) is 4.98 Å². The highest BCUT2D eigenvalue weighted by Crippen LogP contribution is 2.21. The Bertz CT molecular complexity index is 602. The second kappa shape index (κ2) is 6.34. The normalized spacial score (nSPS) is 10.4. The van der Waals surface area contributed by atoms with Gasteiger partial charge in [-0.05, 0) is 36.8 Å². The highest BCUT2D eigenvalue weighted by Gasteiger charge is 2.07. The molecule has 0 aliphatic heterocycles. The molecule has 1 aromatic carbocycles. The fourth-order valence-electron chi connectivity index (χ4n) is 1.80. The molecule has 2 aromatic rings. The van der Waals surface area contributed by atoms with Gasteiger partial charge in [-0.25, -0.2) is 4.39 Å². The van der Waals surface area contributed by atoms with Crippen molar-refractivity contribution in [1.29, 1.82) is 0 Å². The third-order valence-electron chi connectivity index (χ3n) is 2.83. The van der Waals surface area contributed by atoms with Gasteiger partial charge in [0.1, 0.15) is 18.1 Å². The monoisotopic (exact) mass is 277 g/mol. The maximum atomic E-state index is 13.5. The molecular formula is C15H16FNO3. The number of aliphatic hydroxyl groups is 1. The zero-order valence-corrected chi connectivity index (χ0v) is 11.4. The second-order valence-electron chi connectivity index (χ2n) is 4.31. The van der Waals surface area contributed by atoms with Crippen LogP contribution in [-0.4, -0.2) is 17.2 Å². The lowest BCUT2D eigenvalue weighted by Gasteiger charge is -2.11. The van der Waals surface area contributed by atoms with Crippen LogP contribution in [0.15, 0.2) is 30.3 Å². The van der Waals surface area contributed by atoms with Crippen LogP contribution in [0.1, 0.15) is 17.0 Å². The van der Waals surface area contributed by atoms with Gasteiger partial charge in [-0.15, -0.1) is 0 Å². The number of ether oxygens (including phenoxy) is 2. The number of halogens is 1. The highest BCUT2D eigenvalue weighted by atomic mass is 19.1. The molecule has 5 heteroatoms. The number of hydrogen-bond donors (Lipinski definition) is 1. The molecule has 0 spiro atoms. The summed E-state index contributed by atoms with van der Waals surface area (Å²) in [5.74, 6) is 0.258. The minimum absolute atomic E-state index is 0.193. The van der Waals surface area contributed by atoms with E-state index in [9.17, 15) is 9.50 Å². The Morgan fingerprint density at radius 1 is 1.20 bits per heavy atom. The van der Waals surface area contributed by atoms with E-state index >= 15 is 0 Å². The van der Waals surface area contributed by atoms with Crippen molar-refractivity contribution in [2.24, 2.45) is 0 Å². The topological polar surface area (TPSA) is 51.6 Å². The predicted octanol–water partition coefficient (Wildman–Crippen LogP) is 2.61. The molecule has 0 aliphatic rings. The van der Waals surface area contributed by atoms with Crippen LogP contribution in [0.3, 0.4) is 0 Å². The van der Waals surface area contributed by atoms with Crippen LogP contribution >= 0.6 is 0 Å². The van der Waals surface area contributed by atoms with Crippen LogP contribution in [0.2, 0.25) is 0 Å². The minimum Gasteiger partial charge on any atom is -0.494 e. The largest absolute Gasteiger partial charge is 0.494 e. The number of methoxy groups -OCH3 is 1. The molecule has 1 heterocycles. The van der Waals surface area contributed by atoms with Crippen molar-refractivity contribution in [2.75, 3.05) is 7.11 Å². The molecule has 106 valence electrons. The van der Waals surface area contributed by atoms with Crippen LogP contribution in [0.4, 0.5) is 4.39 Å². The van der Waals surface area contributed by atoms with E-state index in [0.717, 1.165) is 5.69 Å². The van der Waals surface area contributed by atoms with Gasteiger partial charge in [0.05, 0.1) is 13.7 Å². The minimum atomic E-state index is -0.432. The molecule has 0 unspecified atom stereocenters. The molecule has 1 aromatic heterocycles. The first-order valence-electron chi connectivity index (χ1n) is 6.16. The number of rotatable bonds is 5. The Morgan fingerprint density at radius 3 is 2.60 bits per heavy atom. The van der Waals surface area contributed by atoms with Crippen LogP contribution in [-0.2, 0) is 13.2 Å². The number of nitrogens with zero attached hydrogens (tertiary/aromatic N) is 1. The zero-order chi connectivity index (χ0) is 14.5. The average molecular weight is 277 g/mol. The standard InChI is InChI=1S/C15H16FNO3/c1-10-3-5-15(13(8-18)17-10)20-9-11-4-6-14(19-2)12(16)7-11/h3-7,18H,8-9H2,1-2H3. The first-order chi connectivity index (χ1) is 9.63. The summed E-state index contributed by atoms with van der Waals surface area (Å²) < 4.78 is 24.0. The van der Waals surface area contributed by atoms with Gasteiger partial charge < -0.3 is 14.6 Å². The fraction of sp³-hybridized carbons (Fsp3) is 0.267. The summed E-state index contributed by atoms with van der Waals surface area (Å²) in [5, 5.41) is 9.23. The summed E-state index contributed by atoms with van der Waals surface area (Å²) in [6.45, 7) is 1.83. The summed E-state index contributed by atoms with van der Waals surface area (Å²) >= 11 is 0. The van der Waals surface area contributed by atoms with Gasteiger partial charge >= 0.3 is 0 Å². The van der Waals surface area contributed by atoms with E-state index in [1.807, 2.05) is 6.92 Å². The maximum Gasteiger partial charge on any atom is 0.165 e. The quantitative estimate of drug-likeness (QED) is 0.912. The van der Waals surface area contributed by atoms with Gasteiger partial charge in [-0.2, -0.15) is 0 Å². The molecule has 4 nitrogen and oxygen atoms in total. The van der Waals surface area contributed by atoms with Gasteiger partial charge in [0.2, 0.25) is 0 Å². The first-order valence-corrected chi connectivity index (χ1v) is 6.16. The molecule has 0 atom stereocenters. The Kier molecular flexibility index (Phi) is 4.53. The number of pyridine rings is 1. The summed E-state index contributed by atoms with van der Waals surface area (Å²) in [6, 6.07) is 8.17. The van der Waals surface area contributed by atoms with E-state index in [4.69, 9.17) is 9.47 Å². The van der Waals surface area contributed by atoms with Gasteiger partial charge in [-0.1, -0.05) is 6.07 Å². The Hall–Kier alpha value is -2.14. The maximum absolute atomic E-state index is 13.5. The van der Waals surface area contributed by atoms with Gasteiger partial charge in [0, 0.05) is 5.69 Å². The SMILES string of the molecule is COc1ccc(COc2ccc(C)nc2CO)cc1F. The first kappa shape index (κ1) is 14.3. The molecule has 0 amide bonds. The molecule has 2 rings (SSSR count). The fourth-order valence-corrected chi connectivity index (χ4v) is 1.80. The van der Waals surface area contributed by atoms with Crippen molar-refractivity contribution < 1.29 is 19.0 Å².